The molecule has 2 aromatic heterocycles. The summed E-state index contributed by atoms with van der Waals surface area (Å²) in [6, 6.07) is -0.743. The van der Waals surface area contributed by atoms with Gasteiger partial charge in [0.2, 0.25) is 0 Å². The monoisotopic (exact) mass is 365 g/mol. The fourth-order valence-corrected chi connectivity index (χ4v) is 2.68. The van der Waals surface area contributed by atoms with Crippen molar-refractivity contribution in [3.05, 3.63) is 26.7 Å². The first-order valence-corrected chi connectivity index (χ1v) is 8.28. The number of aromatic nitrogens is 4. The molecule has 0 saturated carbocycles. The zero-order chi connectivity index (χ0) is 19.3. The molecule has 1 atom stereocenters. The van der Waals surface area contributed by atoms with E-state index in [9.17, 15) is 19.5 Å². The van der Waals surface area contributed by atoms with Crippen molar-refractivity contribution < 1.29 is 9.90 Å². The van der Waals surface area contributed by atoms with E-state index in [1.165, 1.54) is 4.57 Å². The molecule has 26 heavy (non-hydrogen) atoms. The van der Waals surface area contributed by atoms with Gasteiger partial charge in [0, 0.05) is 13.1 Å². The van der Waals surface area contributed by atoms with E-state index < -0.39 is 23.3 Å². The third-order valence-corrected chi connectivity index (χ3v) is 3.95. The summed E-state index contributed by atoms with van der Waals surface area (Å²) in [5.74, 6) is -0.657. The summed E-state index contributed by atoms with van der Waals surface area (Å²) in [6.07, 6.45) is 1.86. The van der Waals surface area contributed by atoms with E-state index in [0.717, 1.165) is 6.42 Å². The third kappa shape index (κ3) is 4.43. The van der Waals surface area contributed by atoms with Gasteiger partial charge in [-0.25, -0.2) is 14.8 Å². The molecule has 2 heterocycles. The number of hydrogen-bond donors (Lipinski definition) is 5. The van der Waals surface area contributed by atoms with Gasteiger partial charge in [-0.05, 0) is 26.3 Å². The number of aromatic amines is 1. The summed E-state index contributed by atoms with van der Waals surface area (Å²) in [6.45, 7) is 2.42. The van der Waals surface area contributed by atoms with Gasteiger partial charge >= 0.3 is 11.7 Å². The second kappa shape index (κ2) is 8.54. The third-order valence-electron chi connectivity index (χ3n) is 3.95. The molecule has 0 unspecified atom stereocenters. The van der Waals surface area contributed by atoms with Crippen molar-refractivity contribution in [3.8, 4) is 0 Å². The van der Waals surface area contributed by atoms with Crippen LogP contribution in [0.5, 0.6) is 0 Å². The summed E-state index contributed by atoms with van der Waals surface area (Å²) in [5.41, 5.74) is 10.0. The van der Waals surface area contributed by atoms with Gasteiger partial charge in [0.05, 0.1) is 0 Å². The summed E-state index contributed by atoms with van der Waals surface area (Å²) in [5, 5.41) is 12.2. The van der Waals surface area contributed by atoms with Gasteiger partial charge < -0.3 is 21.9 Å². The second-order valence-electron chi connectivity index (χ2n) is 5.89. The van der Waals surface area contributed by atoms with E-state index in [4.69, 9.17) is 11.5 Å². The fraction of sp³-hybridized carbons (Fsp3) is 0.533. The van der Waals surface area contributed by atoms with Crippen LogP contribution in [0.1, 0.15) is 25.1 Å². The van der Waals surface area contributed by atoms with Gasteiger partial charge in [-0.3, -0.25) is 19.1 Å². The van der Waals surface area contributed by atoms with Crippen molar-refractivity contribution in [1.82, 2.24) is 24.8 Å². The zero-order valence-corrected chi connectivity index (χ0v) is 14.5. The molecule has 11 nitrogen and oxygen atoms in total. The van der Waals surface area contributed by atoms with Crippen molar-refractivity contribution in [1.29, 1.82) is 0 Å². The Hall–Kier alpha value is -2.79. The fourth-order valence-electron chi connectivity index (χ4n) is 2.68. The molecule has 2 rings (SSSR count). The molecule has 0 bridgehead atoms. The van der Waals surface area contributed by atoms with Crippen LogP contribution in [-0.4, -0.2) is 49.7 Å². The van der Waals surface area contributed by atoms with E-state index >= 15 is 0 Å². The van der Waals surface area contributed by atoms with Crippen molar-refractivity contribution >= 4 is 22.8 Å². The Morgan fingerprint density at radius 2 is 2.08 bits per heavy atom. The Balaban J connectivity index is 2.22. The number of nitrogens with one attached hydrogen (secondary N) is 2. The standard InChI is InChI=1S/C15H23N7O4/c1-8-19-11(17)10-12(20-8)22(15(26)21-13(10)23)7-6-18-9(14(24)25)4-2-3-5-16/h9,18H,2-7,16H2,1H3,(H,24,25)(H2,17,19,20)(H,21,23,26)/t9-/m0/s1. The molecule has 0 saturated heterocycles. The molecule has 11 heteroatoms. The van der Waals surface area contributed by atoms with E-state index in [1.54, 1.807) is 6.92 Å². The van der Waals surface area contributed by atoms with Crippen LogP contribution in [0, 0.1) is 6.92 Å². The summed E-state index contributed by atoms with van der Waals surface area (Å²) >= 11 is 0. The van der Waals surface area contributed by atoms with E-state index in [0.29, 0.717) is 25.2 Å². The highest BCUT2D eigenvalue weighted by atomic mass is 16.4. The van der Waals surface area contributed by atoms with Crippen LogP contribution in [0.15, 0.2) is 9.59 Å². The molecule has 7 N–H and O–H groups in total. The molecule has 0 fully saturated rings. The van der Waals surface area contributed by atoms with Crippen molar-refractivity contribution in [2.75, 3.05) is 18.8 Å². The minimum atomic E-state index is -0.969. The molecule has 2 aromatic rings. The molecular formula is C15H23N7O4. The number of aryl methyl sites for hydroxylation is 1. The van der Waals surface area contributed by atoms with E-state index in [1.807, 2.05) is 0 Å². The number of rotatable bonds is 9. The Morgan fingerprint density at radius 1 is 1.35 bits per heavy atom. The number of fused-ring (bicyclic) bond motifs is 1. The normalized spacial score (nSPS) is 12.4. The number of nitrogens with zero attached hydrogens (tertiary/aromatic N) is 3. The maximum atomic E-state index is 12.1. The first-order valence-electron chi connectivity index (χ1n) is 8.28. The van der Waals surface area contributed by atoms with Crippen molar-refractivity contribution in [2.24, 2.45) is 5.73 Å². The molecule has 0 aliphatic carbocycles. The van der Waals surface area contributed by atoms with Gasteiger partial charge in [-0.2, -0.15) is 0 Å². The lowest BCUT2D eigenvalue weighted by molar-refractivity contribution is -0.139. The zero-order valence-electron chi connectivity index (χ0n) is 14.5. The second-order valence-corrected chi connectivity index (χ2v) is 5.89. The van der Waals surface area contributed by atoms with Crippen LogP contribution in [-0.2, 0) is 11.3 Å². The minimum Gasteiger partial charge on any atom is -0.480 e. The maximum Gasteiger partial charge on any atom is 0.330 e. The van der Waals surface area contributed by atoms with Crippen LogP contribution in [0.2, 0.25) is 0 Å². The van der Waals surface area contributed by atoms with Gasteiger partial charge in [0.1, 0.15) is 23.1 Å². The molecule has 0 radical (unpaired) electrons. The van der Waals surface area contributed by atoms with Gasteiger partial charge in [0.15, 0.2) is 5.65 Å². The minimum absolute atomic E-state index is 0.0133. The Kier molecular flexibility index (Phi) is 6.41. The maximum absolute atomic E-state index is 12.1. The molecule has 0 amide bonds. The predicted molar refractivity (Wildman–Crippen MR) is 95.9 cm³/mol. The Labute approximate surface area is 148 Å². The van der Waals surface area contributed by atoms with Crippen LogP contribution in [0.4, 0.5) is 5.82 Å². The largest absolute Gasteiger partial charge is 0.480 e. The topological polar surface area (TPSA) is 182 Å². The predicted octanol–water partition coefficient (Wildman–Crippen LogP) is -1.46. The van der Waals surface area contributed by atoms with Gasteiger partial charge in [-0.15, -0.1) is 0 Å². The SMILES string of the molecule is Cc1nc(N)c2c(=O)[nH]c(=O)n(CCN[C@@H](CCCCN)C(=O)O)c2n1. The Bertz CT molecular complexity index is 905. The average molecular weight is 365 g/mol. The lowest BCUT2D eigenvalue weighted by atomic mass is 10.1. The smallest absolute Gasteiger partial charge is 0.330 e. The average Bonchev–Trinajstić information content (AvgIpc) is 2.54. The lowest BCUT2D eigenvalue weighted by Crippen LogP contribution is -2.40. The molecule has 0 spiro atoms. The molecule has 0 aliphatic rings. The highest BCUT2D eigenvalue weighted by Crippen LogP contribution is 2.11. The van der Waals surface area contributed by atoms with Gasteiger partial charge in [0.25, 0.3) is 5.56 Å². The Morgan fingerprint density at radius 3 is 2.73 bits per heavy atom. The highest BCUT2D eigenvalue weighted by molar-refractivity contribution is 5.84. The van der Waals surface area contributed by atoms with Crippen molar-refractivity contribution in [2.45, 2.75) is 38.8 Å². The number of aliphatic carboxylic acids is 1. The molecular weight excluding hydrogens is 342 g/mol. The number of unbranched alkanes of at least 4 members (excludes halogenated alkanes) is 1. The highest BCUT2D eigenvalue weighted by Gasteiger charge is 2.17. The number of carboxylic acids is 1. The number of hydrogen-bond acceptors (Lipinski definition) is 8. The summed E-state index contributed by atoms with van der Waals surface area (Å²) in [4.78, 5) is 45.7. The van der Waals surface area contributed by atoms with Crippen LogP contribution < -0.4 is 28.0 Å². The van der Waals surface area contributed by atoms with Crippen molar-refractivity contribution in [3.63, 3.8) is 0 Å². The quantitative estimate of drug-likeness (QED) is 0.332. The number of nitrogens with two attached hydrogens (primary N) is 2. The number of nitrogen functional groups attached to an aromatic ring is 1. The first kappa shape index (κ1) is 19.5. The van der Waals surface area contributed by atoms with Crippen LogP contribution in [0.25, 0.3) is 11.0 Å². The number of carboxylic acid groups (broad SMARTS) is 1. The number of H-pyrrole nitrogens is 1. The number of carbonyl (C=O) groups is 1. The van der Waals surface area contributed by atoms with E-state index in [-0.39, 0.29) is 29.9 Å². The molecule has 0 aliphatic heterocycles. The molecule has 142 valence electrons. The first-order chi connectivity index (χ1) is 12.3. The molecule has 0 aromatic carbocycles. The summed E-state index contributed by atoms with van der Waals surface area (Å²) < 4.78 is 1.24. The number of anilines is 1. The van der Waals surface area contributed by atoms with E-state index in [2.05, 4.69) is 20.3 Å². The summed E-state index contributed by atoms with van der Waals surface area (Å²) in [7, 11) is 0. The lowest BCUT2D eigenvalue weighted by Gasteiger charge is -2.15. The van der Waals surface area contributed by atoms with Crippen LogP contribution in [0.3, 0.4) is 0 Å². The van der Waals surface area contributed by atoms with Crippen LogP contribution >= 0.6 is 0 Å². The van der Waals surface area contributed by atoms with Gasteiger partial charge in [-0.1, -0.05) is 6.42 Å².